The summed E-state index contributed by atoms with van der Waals surface area (Å²) in [7, 11) is -5.04. The molecule has 53 heavy (non-hydrogen) atoms. The SMILES string of the molecule is CC(ON=C(C(=O)NC1C(=O)N(OS(=O)(=O)O)C1(C)C)c1csc(N)n1)(C(=O)O)C1CCc2cc(C(N)=NCc3ccc4c(c3)CC[C@H]4N)ccc2O1. The van der Waals surface area contributed by atoms with E-state index in [4.69, 9.17) is 31.3 Å². The second-order valence-electron chi connectivity index (χ2n) is 13.6. The Kier molecular flexibility index (Phi) is 9.94. The summed E-state index contributed by atoms with van der Waals surface area (Å²) in [4.78, 5) is 53.1. The van der Waals surface area contributed by atoms with Crippen molar-refractivity contribution in [1.82, 2.24) is 15.4 Å². The molecule has 2 aliphatic heterocycles. The number of aliphatic carboxylic acids is 1. The summed E-state index contributed by atoms with van der Waals surface area (Å²) in [6, 6.07) is 10.1. The Labute approximate surface area is 307 Å². The minimum atomic E-state index is -5.04. The normalized spacial score (nSPS) is 22.2. The van der Waals surface area contributed by atoms with Gasteiger partial charge in [0.25, 0.3) is 17.4 Å². The molecule has 3 aliphatic rings. The summed E-state index contributed by atoms with van der Waals surface area (Å²) < 4.78 is 41.9. The van der Waals surface area contributed by atoms with Crippen molar-refractivity contribution in [2.75, 3.05) is 5.73 Å². The number of fused-ring (bicyclic) bond motifs is 2. The molecular formula is C33H38N8O10S2. The van der Waals surface area contributed by atoms with E-state index < -0.39 is 57.2 Å². The highest BCUT2D eigenvalue weighted by Gasteiger charge is 2.58. The first kappa shape index (κ1) is 37.6. The standard InChI is InChI=1S/C33H38N8O10S2/c1-32(2)26(29(43)41(32)51-53(46,47)48)39-28(42)25(22-15-52-31(36)38-22)40-50-33(3,30(44)45)24-11-7-18-13-19(6-10-23(18)49-24)27(35)37-14-16-4-8-20-17(12-16)5-9-21(20)34/h4,6,8,10,12-13,15,21,24,26H,5,7,9,11,14,34H2,1-3H3,(H2,35,37)(H2,36,38)(H,39,42)(H,44,45)(H,46,47,48)/t21-,24?,26?,33?/m1/s1. The number of hydrogen-bond acceptors (Lipinski definition) is 14. The third-order valence-electron chi connectivity index (χ3n) is 9.53. The van der Waals surface area contributed by atoms with Crippen LogP contribution in [-0.4, -0.2) is 80.7 Å². The van der Waals surface area contributed by atoms with Crippen LogP contribution in [0.1, 0.15) is 73.2 Å². The summed E-state index contributed by atoms with van der Waals surface area (Å²) in [5.41, 5.74) is 19.0. The maximum Gasteiger partial charge on any atom is 0.418 e. The highest BCUT2D eigenvalue weighted by molar-refractivity contribution is 7.80. The van der Waals surface area contributed by atoms with Crippen LogP contribution < -0.4 is 27.3 Å². The fourth-order valence-corrected chi connectivity index (χ4v) is 7.40. The first-order valence-electron chi connectivity index (χ1n) is 16.4. The zero-order chi connectivity index (χ0) is 38.5. The van der Waals surface area contributed by atoms with Gasteiger partial charge in [0, 0.05) is 17.0 Å². The van der Waals surface area contributed by atoms with Crippen LogP contribution in [0.25, 0.3) is 0 Å². The van der Waals surface area contributed by atoms with Gasteiger partial charge < -0.3 is 37.2 Å². The van der Waals surface area contributed by atoms with E-state index in [2.05, 4.69) is 30.8 Å². The number of nitrogens with one attached hydrogen (secondary N) is 1. The van der Waals surface area contributed by atoms with Gasteiger partial charge in [0.15, 0.2) is 16.9 Å². The lowest BCUT2D eigenvalue weighted by atomic mass is 9.84. The molecular weight excluding hydrogens is 733 g/mol. The molecule has 2 amide bonds. The number of nitrogens with zero attached hydrogens (tertiary/aromatic N) is 4. The van der Waals surface area contributed by atoms with Gasteiger partial charge in [-0.3, -0.25) is 19.1 Å². The molecule has 1 saturated heterocycles. The molecule has 4 atom stereocenters. The number of rotatable bonds is 12. The van der Waals surface area contributed by atoms with Crippen molar-refractivity contribution in [3.63, 3.8) is 0 Å². The van der Waals surface area contributed by atoms with Gasteiger partial charge >= 0.3 is 16.4 Å². The molecule has 1 aliphatic carbocycles. The minimum absolute atomic E-state index is 0.0555. The van der Waals surface area contributed by atoms with E-state index in [0.717, 1.165) is 35.3 Å². The third-order valence-corrected chi connectivity index (χ3v) is 10.5. The predicted octanol–water partition coefficient (Wildman–Crippen LogP) is 1.37. The number of benzene rings is 2. The molecule has 0 saturated carbocycles. The van der Waals surface area contributed by atoms with E-state index in [1.165, 1.54) is 37.3 Å². The highest BCUT2D eigenvalue weighted by atomic mass is 32.3. The first-order valence-corrected chi connectivity index (χ1v) is 18.6. The molecule has 0 bridgehead atoms. The number of amides is 2. The van der Waals surface area contributed by atoms with E-state index in [-0.39, 0.29) is 23.3 Å². The molecule has 2 aromatic carbocycles. The molecule has 9 N–H and O–H groups in total. The highest BCUT2D eigenvalue weighted by Crippen LogP contribution is 2.36. The van der Waals surface area contributed by atoms with Crippen LogP contribution in [0.5, 0.6) is 5.75 Å². The number of oxime groups is 1. The van der Waals surface area contributed by atoms with Crippen molar-refractivity contribution in [2.24, 2.45) is 21.6 Å². The zero-order valence-corrected chi connectivity index (χ0v) is 30.4. The van der Waals surface area contributed by atoms with Crippen LogP contribution in [0.2, 0.25) is 0 Å². The molecule has 0 radical (unpaired) electrons. The summed E-state index contributed by atoms with van der Waals surface area (Å²) in [6.07, 6.45) is 1.36. The number of carbonyl (C=O) groups is 3. The molecule has 20 heteroatoms. The molecule has 6 rings (SSSR count). The molecule has 1 aromatic heterocycles. The number of aliphatic imine (C=N–C) groups is 1. The fourth-order valence-electron chi connectivity index (χ4n) is 6.40. The molecule has 0 spiro atoms. The second kappa shape index (κ2) is 14.0. The summed E-state index contributed by atoms with van der Waals surface area (Å²) in [6.45, 7) is 4.37. The van der Waals surface area contributed by atoms with E-state index in [1.54, 1.807) is 12.1 Å². The average Bonchev–Trinajstić information content (AvgIpc) is 3.71. The Balaban J connectivity index is 1.17. The lowest BCUT2D eigenvalue weighted by Crippen LogP contribution is -2.76. The molecule has 282 valence electrons. The number of nitrogen functional groups attached to an aromatic ring is 1. The number of carbonyl (C=O) groups excluding carboxylic acids is 2. The number of nitrogens with two attached hydrogens (primary N) is 3. The Morgan fingerprint density at radius 3 is 2.58 bits per heavy atom. The molecule has 1 fully saturated rings. The van der Waals surface area contributed by atoms with Crippen molar-refractivity contribution in [2.45, 2.75) is 82.3 Å². The van der Waals surface area contributed by atoms with E-state index in [1.807, 2.05) is 18.2 Å². The van der Waals surface area contributed by atoms with Gasteiger partial charge in [0.1, 0.15) is 23.3 Å². The quantitative estimate of drug-likeness (QED) is 0.0499. The fraction of sp³-hybridized carbons (Fsp3) is 0.394. The Hall–Kier alpha value is -5.15. The number of amidine groups is 1. The van der Waals surface area contributed by atoms with Crippen LogP contribution in [0.4, 0.5) is 5.13 Å². The van der Waals surface area contributed by atoms with Crippen molar-refractivity contribution < 1.29 is 46.3 Å². The van der Waals surface area contributed by atoms with Crippen molar-refractivity contribution in [3.05, 3.63) is 75.3 Å². The average molecular weight is 771 g/mol. The Bertz CT molecular complexity index is 2150. The number of hydrogen-bond donors (Lipinski definition) is 6. The van der Waals surface area contributed by atoms with E-state index >= 15 is 0 Å². The van der Waals surface area contributed by atoms with Crippen LogP contribution in [-0.2, 0) is 53.3 Å². The number of aromatic nitrogens is 1. The van der Waals surface area contributed by atoms with Crippen LogP contribution in [0.3, 0.4) is 0 Å². The van der Waals surface area contributed by atoms with Gasteiger partial charge in [-0.1, -0.05) is 23.4 Å². The Morgan fingerprint density at radius 1 is 1.19 bits per heavy atom. The number of β-lactam (4-membered cyclic amide) rings is 1. The van der Waals surface area contributed by atoms with Crippen LogP contribution in [0, 0.1) is 0 Å². The lowest BCUT2D eigenvalue weighted by molar-refractivity contribution is -0.218. The first-order chi connectivity index (χ1) is 24.9. The molecule has 3 aromatic rings. The van der Waals surface area contributed by atoms with E-state index in [0.29, 0.717) is 35.2 Å². The molecule has 18 nitrogen and oxygen atoms in total. The van der Waals surface area contributed by atoms with Crippen molar-refractivity contribution in [1.29, 1.82) is 0 Å². The number of thiazole rings is 1. The number of carboxylic acid groups (broad SMARTS) is 1. The Morgan fingerprint density at radius 2 is 1.92 bits per heavy atom. The van der Waals surface area contributed by atoms with Crippen molar-refractivity contribution in [3.8, 4) is 5.75 Å². The number of carboxylic acids is 1. The van der Waals surface area contributed by atoms with Gasteiger partial charge in [0.2, 0.25) is 0 Å². The molecule has 3 unspecified atom stereocenters. The topological polar surface area (TPSA) is 284 Å². The largest absolute Gasteiger partial charge is 0.485 e. The monoisotopic (exact) mass is 770 g/mol. The number of aryl methyl sites for hydroxylation is 2. The van der Waals surface area contributed by atoms with Crippen molar-refractivity contribution >= 4 is 56.2 Å². The third kappa shape index (κ3) is 7.53. The number of ether oxygens (including phenoxy) is 1. The predicted molar refractivity (Wildman–Crippen MR) is 191 cm³/mol. The van der Waals surface area contributed by atoms with E-state index in [9.17, 15) is 27.9 Å². The summed E-state index contributed by atoms with van der Waals surface area (Å²) in [5.74, 6) is -2.73. The lowest BCUT2D eigenvalue weighted by Gasteiger charge is -2.50. The smallest absolute Gasteiger partial charge is 0.418 e. The minimum Gasteiger partial charge on any atom is -0.485 e. The number of hydroxylamine groups is 2. The van der Waals surface area contributed by atoms with Gasteiger partial charge in [-0.05, 0) is 86.9 Å². The van der Waals surface area contributed by atoms with Gasteiger partial charge in [-0.25, -0.2) is 9.78 Å². The summed E-state index contributed by atoms with van der Waals surface area (Å²) in [5, 5.41) is 18.5. The summed E-state index contributed by atoms with van der Waals surface area (Å²) >= 11 is 0.963. The maximum absolute atomic E-state index is 13.5. The molecule has 3 heterocycles. The zero-order valence-electron chi connectivity index (χ0n) is 28.8. The van der Waals surface area contributed by atoms with Gasteiger partial charge in [-0.2, -0.15) is 13.5 Å². The van der Waals surface area contributed by atoms with Crippen LogP contribution >= 0.6 is 11.3 Å². The number of anilines is 1. The van der Waals surface area contributed by atoms with Gasteiger partial charge in [0.05, 0.1) is 12.1 Å². The van der Waals surface area contributed by atoms with Gasteiger partial charge in [-0.15, -0.1) is 15.6 Å². The van der Waals surface area contributed by atoms with Crippen LogP contribution in [0.15, 0.2) is 51.9 Å². The second-order valence-corrected chi connectivity index (χ2v) is 15.5. The maximum atomic E-state index is 13.5.